The Morgan fingerprint density at radius 2 is 1.81 bits per heavy atom. The number of imide groups is 1. The van der Waals surface area contributed by atoms with Gasteiger partial charge in [-0.15, -0.1) is 0 Å². The molecule has 4 rings (SSSR count). The summed E-state index contributed by atoms with van der Waals surface area (Å²) in [6, 6.07) is 18.2. The quantitative estimate of drug-likeness (QED) is 0.300. The number of rotatable bonds is 9. The number of hydrogen-bond donors (Lipinski definition) is 1. The molecule has 3 aromatic carbocycles. The van der Waals surface area contributed by atoms with Gasteiger partial charge in [0, 0.05) is 5.69 Å². The number of hydrogen-bond acceptors (Lipinski definition) is 6. The molecule has 1 N–H and O–H groups in total. The topological polar surface area (TPSA) is 84.9 Å². The van der Waals surface area contributed by atoms with Crippen LogP contribution in [0.1, 0.15) is 18.1 Å². The molecule has 1 fully saturated rings. The van der Waals surface area contributed by atoms with E-state index < -0.39 is 17.1 Å². The summed E-state index contributed by atoms with van der Waals surface area (Å²) in [6.07, 6.45) is 1.57. The summed E-state index contributed by atoms with van der Waals surface area (Å²) in [4.78, 5) is 38.8. The number of para-hydroxylation sites is 1. The second-order valence-corrected chi connectivity index (χ2v) is 9.71. The van der Waals surface area contributed by atoms with E-state index in [4.69, 9.17) is 9.47 Å². The van der Waals surface area contributed by atoms with Crippen molar-refractivity contribution in [2.75, 3.05) is 18.5 Å². The maximum Gasteiger partial charge on any atom is 0.294 e. The molecule has 1 saturated heterocycles. The first-order valence-corrected chi connectivity index (χ1v) is 12.9. The minimum absolute atomic E-state index is 0.187. The summed E-state index contributed by atoms with van der Waals surface area (Å²) < 4.78 is 25.4. The Morgan fingerprint density at radius 3 is 2.51 bits per heavy atom. The van der Waals surface area contributed by atoms with Gasteiger partial charge < -0.3 is 14.8 Å². The largest absolute Gasteiger partial charge is 0.490 e. The summed E-state index contributed by atoms with van der Waals surface area (Å²) >= 11 is 4.25. The van der Waals surface area contributed by atoms with Crippen LogP contribution < -0.4 is 14.8 Å². The van der Waals surface area contributed by atoms with Gasteiger partial charge in [0.2, 0.25) is 5.91 Å². The molecule has 7 nitrogen and oxygen atoms in total. The molecule has 1 aliphatic heterocycles. The number of ether oxygens (including phenoxy) is 2. The van der Waals surface area contributed by atoms with Crippen LogP contribution in [0.4, 0.5) is 14.9 Å². The summed E-state index contributed by atoms with van der Waals surface area (Å²) in [7, 11) is 0. The van der Waals surface area contributed by atoms with Crippen LogP contribution in [0.2, 0.25) is 0 Å². The highest BCUT2D eigenvalue weighted by Gasteiger charge is 2.36. The Morgan fingerprint density at radius 1 is 1.08 bits per heavy atom. The van der Waals surface area contributed by atoms with Crippen molar-refractivity contribution in [3.63, 3.8) is 0 Å². The Balaban J connectivity index is 1.49. The van der Waals surface area contributed by atoms with Crippen LogP contribution in [-0.2, 0) is 16.2 Å². The lowest BCUT2D eigenvalue weighted by Crippen LogP contribution is -2.36. The minimum Gasteiger partial charge on any atom is -0.490 e. The zero-order valence-electron chi connectivity index (χ0n) is 19.7. The lowest BCUT2D eigenvalue weighted by atomic mass is 10.1. The van der Waals surface area contributed by atoms with Gasteiger partial charge in [-0.25, -0.2) is 4.39 Å². The van der Waals surface area contributed by atoms with Gasteiger partial charge in [-0.05, 0) is 88.2 Å². The molecule has 0 aliphatic carbocycles. The summed E-state index contributed by atoms with van der Waals surface area (Å²) in [5.41, 5.74) is 1.96. The average Bonchev–Trinajstić information content (AvgIpc) is 3.12. The van der Waals surface area contributed by atoms with E-state index in [1.165, 1.54) is 12.1 Å². The third kappa shape index (κ3) is 6.78. The normalized spacial score (nSPS) is 14.2. The number of carbonyl (C=O) groups is 3. The van der Waals surface area contributed by atoms with Crippen LogP contribution in [0.3, 0.4) is 0 Å². The summed E-state index contributed by atoms with van der Waals surface area (Å²) in [5.74, 6) is -0.464. The molecule has 1 heterocycles. The lowest BCUT2D eigenvalue weighted by molar-refractivity contribution is -0.127. The van der Waals surface area contributed by atoms with E-state index in [9.17, 15) is 18.8 Å². The number of benzene rings is 3. The van der Waals surface area contributed by atoms with Crippen LogP contribution in [0.15, 0.2) is 76.1 Å². The zero-order chi connectivity index (χ0) is 26.4. The molecule has 0 radical (unpaired) electrons. The van der Waals surface area contributed by atoms with E-state index in [0.717, 1.165) is 22.2 Å². The highest BCUT2D eigenvalue weighted by molar-refractivity contribution is 9.10. The molecule has 0 bridgehead atoms. The average molecular weight is 585 g/mol. The second-order valence-electron chi connectivity index (χ2n) is 7.86. The van der Waals surface area contributed by atoms with Gasteiger partial charge in [-0.1, -0.05) is 30.3 Å². The van der Waals surface area contributed by atoms with Crippen LogP contribution in [-0.4, -0.2) is 35.1 Å². The third-order valence-corrected chi connectivity index (χ3v) is 6.66. The Hall–Kier alpha value is -3.63. The van der Waals surface area contributed by atoms with Crippen molar-refractivity contribution < 1.29 is 28.2 Å². The van der Waals surface area contributed by atoms with E-state index in [2.05, 4.69) is 21.2 Å². The van der Waals surface area contributed by atoms with Crippen molar-refractivity contribution in [1.29, 1.82) is 0 Å². The first-order chi connectivity index (χ1) is 17.8. The molecular weight excluding hydrogens is 563 g/mol. The predicted octanol–water partition coefficient (Wildman–Crippen LogP) is 6.24. The number of nitrogens with one attached hydrogen (secondary N) is 1. The molecule has 0 atom stereocenters. The standard InChI is InChI=1S/C27H22BrFN2O5S/c1-2-35-22-13-18(12-21(28)25(22)36-16-17-8-10-19(29)11-9-17)14-23-26(33)31(27(34)37-23)15-24(32)30-20-6-4-3-5-7-20/h3-14H,2,15-16H2,1H3,(H,30,32)/b23-14-. The molecule has 3 amide bonds. The summed E-state index contributed by atoms with van der Waals surface area (Å²) in [6.45, 7) is 2.01. The highest BCUT2D eigenvalue weighted by atomic mass is 79.9. The highest BCUT2D eigenvalue weighted by Crippen LogP contribution is 2.39. The Bertz CT molecular complexity index is 1350. The molecule has 0 unspecified atom stereocenters. The van der Waals surface area contributed by atoms with Gasteiger partial charge in [-0.2, -0.15) is 0 Å². The lowest BCUT2D eigenvalue weighted by Gasteiger charge is -2.15. The van der Waals surface area contributed by atoms with Crippen molar-refractivity contribution in [2.45, 2.75) is 13.5 Å². The van der Waals surface area contributed by atoms with Gasteiger partial charge in [0.1, 0.15) is 19.0 Å². The fraction of sp³-hybridized carbons (Fsp3) is 0.148. The fourth-order valence-electron chi connectivity index (χ4n) is 3.46. The first kappa shape index (κ1) is 26.4. The maximum atomic E-state index is 13.2. The smallest absolute Gasteiger partial charge is 0.294 e. The molecular formula is C27H22BrFN2O5S. The van der Waals surface area contributed by atoms with E-state index in [0.29, 0.717) is 33.8 Å². The SMILES string of the molecule is CCOc1cc(/C=C2\SC(=O)N(CC(=O)Nc3ccccc3)C2=O)cc(Br)c1OCc1ccc(F)cc1. The molecule has 190 valence electrons. The number of amides is 3. The minimum atomic E-state index is -0.552. The van der Waals surface area contributed by atoms with Gasteiger partial charge in [0.15, 0.2) is 11.5 Å². The molecule has 0 saturated carbocycles. The van der Waals surface area contributed by atoms with E-state index in [1.807, 2.05) is 13.0 Å². The number of carbonyl (C=O) groups excluding carboxylic acids is 3. The zero-order valence-corrected chi connectivity index (χ0v) is 22.1. The van der Waals surface area contributed by atoms with Crippen molar-refractivity contribution in [3.05, 3.63) is 93.1 Å². The number of nitrogens with zero attached hydrogens (tertiary/aromatic N) is 1. The monoisotopic (exact) mass is 584 g/mol. The van der Waals surface area contributed by atoms with E-state index in [1.54, 1.807) is 54.6 Å². The molecule has 1 aliphatic rings. The first-order valence-electron chi connectivity index (χ1n) is 11.3. The Labute approximate surface area is 225 Å². The van der Waals surface area contributed by atoms with Crippen molar-refractivity contribution in [3.8, 4) is 11.5 Å². The van der Waals surface area contributed by atoms with Crippen molar-refractivity contribution in [2.24, 2.45) is 0 Å². The molecule has 0 spiro atoms. The maximum absolute atomic E-state index is 13.2. The van der Waals surface area contributed by atoms with Crippen LogP contribution >= 0.6 is 27.7 Å². The Kier molecular flexibility index (Phi) is 8.62. The molecule has 37 heavy (non-hydrogen) atoms. The van der Waals surface area contributed by atoms with Crippen LogP contribution in [0, 0.1) is 5.82 Å². The van der Waals surface area contributed by atoms with Crippen LogP contribution in [0.5, 0.6) is 11.5 Å². The van der Waals surface area contributed by atoms with Gasteiger partial charge >= 0.3 is 0 Å². The third-order valence-electron chi connectivity index (χ3n) is 5.16. The fourth-order valence-corrected chi connectivity index (χ4v) is 4.88. The van der Waals surface area contributed by atoms with E-state index >= 15 is 0 Å². The van der Waals surface area contributed by atoms with Gasteiger partial charge in [0.05, 0.1) is 16.0 Å². The number of halogens is 2. The predicted molar refractivity (Wildman–Crippen MR) is 144 cm³/mol. The van der Waals surface area contributed by atoms with Crippen molar-refractivity contribution in [1.82, 2.24) is 4.90 Å². The molecule has 10 heteroatoms. The second kappa shape index (κ2) is 12.1. The van der Waals surface area contributed by atoms with Gasteiger partial charge in [0.25, 0.3) is 11.1 Å². The van der Waals surface area contributed by atoms with Gasteiger partial charge in [-0.3, -0.25) is 19.3 Å². The van der Waals surface area contributed by atoms with Crippen molar-refractivity contribution >= 4 is 56.5 Å². The number of thioether (sulfide) groups is 1. The number of anilines is 1. The van der Waals surface area contributed by atoms with Crippen LogP contribution in [0.25, 0.3) is 6.08 Å². The van der Waals surface area contributed by atoms with E-state index in [-0.39, 0.29) is 23.9 Å². The molecule has 3 aromatic rings. The molecule has 0 aromatic heterocycles. The summed E-state index contributed by atoms with van der Waals surface area (Å²) in [5, 5.41) is 2.14.